The van der Waals surface area contributed by atoms with E-state index in [0.29, 0.717) is 19.3 Å². The molecule has 15 heteroatoms. The maximum absolute atomic E-state index is 13.3. The zero-order valence-electron chi connectivity index (χ0n) is 32.8. The van der Waals surface area contributed by atoms with Crippen LogP contribution < -0.4 is 0 Å². The average molecular weight is 783 g/mol. The number of hydrogen-bond donors (Lipinski definition) is 3. The van der Waals surface area contributed by atoms with Gasteiger partial charge in [-0.05, 0) is 37.3 Å². The highest BCUT2D eigenvalue weighted by Crippen LogP contribution is 2.47. The van der Waals surface area contributed by atoms with Crippen LogP contribution in [0, 0.1) is 5.41 Å². The molecular formula is C40H62O15. The summed E-state index contributed by atoms with van der Waals surface area (Å²) in [6.07, 6.45) is 3.96. The van der Waals surface area contributed by atoms with Gasteiger partial charge < -0.3 is 53.2 Å². The Morgan fingerprint density at radius 3 is 2.44 bits per heavy atom. The standard InChI is InChI=1S/C40H62O15/c1-6-8-9-10-11-12-33(43)54-38-27(21-34(44)48-5)20-31-24-32(26-41)51-36(46)22-28(42)14-18-49-19-15-29-23-30(25-35(45)50-17-7-2)53-37(52-29)13-16-39(3,4)40(38,47)55-31/h7,13,16,21,28-32,37-38,41-42,47H,2,6,8-12,14-15,17-20,22-26H2,1,3-5H3/t28-,29-,30-,31+,32-,37-,38+,40-/m1/s1. The number of aliphatic hydroxyl groups excluding tert-OH is 2. The zero-order chi connectivity index (χ0) is 40.4. The predicted octanol–water partition coefficient (Wildman–Crippen LogP) is 3.89. The van der Waals surface area contributed by atoms with Gasteiger partial charge in [-0.25, -0.2) is 4.79 Å². The molecule has 0 unspecified atom stereocenters. The third-order valence-electron chi connectivity index (χ3n) is 9.88. The van der Waals surface area contributed by atoms with Crippen molar-refractivity contribution in [2.24, 2.45) is 5.41 Å². The summed E-state index contributed by atoms with van der Waals surface area (Å²) < 4.78 is 46.1. The molecule has 3 aliphatic heterocycles. The van der Waals surface area contributed by atoms with Crippen LogP contribution in [0.25, 0.3) is 0 Å². The number of unbranched alkanes of at least 4 members (excludes halogenated alkanes) is 4. The van der Waals surface area contributed by atoms with Crippen molar-refractivity contribution in [2.45, 2.75) is 153 Å². The molecule has 0 spiro atoms. The fourth-order valence-electron chi connectivity index (χ4n) is 6.74. The van der Waals surface area contributed by atoms with Crippen LogP contribution in [0.2, 0.25) is 0 Å². The van der Waals surface area contributed by atoms with Gasteiger partial charge >= 0.3 is 23.9 Å². The second-order valence-electron chi connectivity index (χ2n) is 14.9. The van der Waals surface area contributed by atoms with E-state index in [1.165, 1.54) is 13.2 Å². The van der Waals surface area contributed by atoms with Crippen molar-refractivity contribution < 1.29 is 72.4 Å². The van der Waals surface area contributed by atoms with E-state index in [-0.39, 0.29) is 63.9 Å². The minimum atomic E-state index is -2.35. The number of methoxy groups -OCH3 is 1. The van der Waals surface area contributed by atoms with Crippen molar-refractivity contribution in [3.8, 4) is 0 Å². The Balaban J connectivity index is 2.04. The maximum Gasteiger partial charge on any atom is 0.330 e. The van der Waals surface area contributed by atoms with Gasteiger partial charge in [0.15, 0.2) is 12.4 Å². The summed E-state index contributed by atoms with van der Waals surface area (Å²) >= 11 is 0. The normalized spacial score (nSPS) is 31.4. The van der Waals surface area contributed by atoms with Crippen molar-refractivity contribution in [3.63, 3.8) is 0 Å². The third-order valence-corrected chi connectivity index (χ3v) is 9.88. The first kappa shape index (κ1) is 46.2. The Hall–Kier alpha value is -3.18. The molecule has 2 fully saturated rings. The highest BCUT2D eigenvalue weighted by Gasteiger charge is 2.57. The SMILES string of the molecule is C=CCOC(=O)C[C@H]1C[C@H]2CCOCC[C@@H](O)CC(=O)O[C@@H](CO)C[C@@H]3CC(=CC(=O)OC)[C@H](OC(=O)CCCCCCC)[C@@](O)(O3)C(C)(C)C=C[C@H](O2)O1. The van der Waals surface area contributed by atoms with Crippen molar-refractivity contribution in [1.82, 2.24) is 0 Å². The van der Waals surface area contributed by atoms with Crippen molar-refractivity contribution in [1.29, 1.82) is 0 Å². The fourth-order valence-corrected chi connectivity index (χ4v) is 6.74. The number of rotatable bonds is 13. The lowest BCUT2D eigenvalue weighted by atomic mass is 9.74. The third kappa shape index (κ3) is 15.0. The summed E-state index contributed by atoms with van der Waals surface area (Å²) in [4.78, 5) is 51.4. The van der Waals surface area contributed by atoms with Crippen LogP contribution >= 0.6 is 0 Å². The second kappa shape index (κ2) is 23.1. The van der Waals surface area contributed by atoms with Gasteiger partial charge in [0.25, 0.3) is 0 Å². The Labute approximate surface area is 324 Å². The van der Waals surface area contributed by atoms with Crippen LogP contribution in [0.5, 0.6) is 0 Å². The Kier molecular flexibility index (Phi) is 19.4. The minimum absolute atomic E-state index is 0.0516. The monoisotopic (exact) mass is 782 g/mol. The number of aliphatic hydroxyl groups is 3. The summed E-state index contributed by atoms with van der Waals surface area (Å²) in [7, 11) is 1.19. The Morgan fingerprint density at radius 1 is 1.00 bits per heavy atom. The van der Waals surface area contributed by atoms with E-state index in [9.17, 15) is 34.5 Å². The van der Waals surface area contributed by atoms with Gasteiger partial charge in [0.05, 0.1) is 51.0 Å². The first-order valence-corrected chi connectivity index (χ1v) is 19.4. The highest BCUT2D eigenvalue weighted by molar-refractivity contribution is 5.83. The number of cyclic esters (lactones) is 1. The van der Waals surface area contributed by atoms with Gasteiger partial charge in [-0.1, -0.05) is 65.2 Å². The summed E-state index contributed by atoms with van der Waals surface area (Å²) in [6.45, 7) is 8.80. The van der Waals surface area contributed by atoms with E-state index in [4.69, 9.17) is 37.9 Å². The lowest BCUT2D eigenvalue weighted by Gasteiger charge is -2.51. The van der Waals surface area contributed by atoms with Crippen molar-refractivity contribution >= 4 is 23.9 Å². The Morgan fingerprint density at radius 2 is 1.73 bits per heavy atom. The molecule has 3 aliphatic rings. The minimum Gasteiger partial charge on any atom is -0.466 e. The van der Waals surface area contributed by atoms with E-state index < -0.39 is 84.6 Å². The molecule has 3 heterocycles. The molecule has 3 N–H and O–H groups in total. The van der Waals surface area contributed by atoms with Crippen molar-refractivity contribution in [3.05, 3.63) is 36.5 Å². The molecule has 8 atom stereocenters. The van der Waals surface area contributed by atoms with E-state index in [1.54, 1.807) is 26.0 Å². The highest BCUT2D eigenvalue weighted by atomic mass is 16.7. The molecular weight excluding hydrogens is 720 g/mol. The lowest BCUT2D eigenvalue weighted by Crippen LogP contribution is -2.62. The largest absolute Gasteiger partial charge is 0.466 e. The summed E-state index contributed by atoms with van der Waals surface area (Å²) in [6, 6.07) is 0. The maximum atomic E-state index is 13.3. The lowest BCUT2D eigenvalue weighted by molar-refractivity contribution is -0.327. The molecule has 0 aromatic rings. The molecule has 0 radical (unpaired) electrons. The van der Waals surface area contributed by atoms with E-state index >= 15 is 0 Å². The van der Waals surface area contributed by atoms with Crippen LogP contribution in [0.15, 0.2) is 36.5 Å². The predicted molar refractivity (Wildman–Crippen MR) is 197 cm³/mol. The van der Waals surface area contributed by atoms with Crippen LogP contribution in [-0.4, -0.2) is 121 Å². The second-order valence-corrected chi connectivity index (χ2v) is 14.9. The van der Waals surface area contributed by atoms with Crippen molar-refractivity contribution in [2.75, 3.05) is 33.5 Å². The molecule has 3 rings (SSSR count). The molecule has 0 aromatic carbocycles. The van der Waals surface area contributed by atoms with Gasteiger partial charge in [-0.15, -0.1) is 0 Å². The molecule has 15 nitrogen and oxygen atoms in total. The molecule has 2 saturated heterocycles. The number of carbonyl (C=O) groups is 4. The summed E-state index contributed by atoms with van der Waals surface area (Å²) in [5.41, 5.74) is -1.22. The first-order chi connectivity index (χ1) is 26.2. The number of fused-ring (bicyclic) bond motifs is 4. The number of carbonyl (C=O) groups excluding carboxylic acids is 4. The number of hydrogen-bond acceptors (Lipinski definition) is 15. The molecule has 312 valence electrons. The van der Waals surface area contributed by atoms with Crippen LogP contribution in [-0.2, 0) is 57.1 Å². The molecule has 55 heavy (non-hydrogen) atoms. The van der Waals surface area contributed by atoms with Gasteiger partial charge in [-0.3, -0.25) is 14.4 Å². The number of ether oxygens (including phenoxy) is 8. The van der Waals surface area contributed by atoms with Gasteiger partial charge in [0, 0.05) is 44.0 Å². The quantitative estimate of drug-likeness (QED) is 0.0798. The molecule has 0 aromatic heterocycles. The molecule has 0 amide bonds. The summed E-state index contributed by atoms with van der Waals surface area (Å²) in [5, 5.41) is 33.4. The van der Waals surface area contributed by atoms with E-state index in [2.05, 4.69) is 13.5 Å². The van der Waals surface area contributed by atoms with Gasteiger partial charge in [0.1, 0.15) is 12.7 Å². The number of esters is 4. The molecule has 0 saturated carbocycles. The topological polar surface area (TPSA) is 203 Å². The molecule has 4 bridgehead atoms. The Bertz CT molecular complexity index is 1310. The zero-order valence-corrected chi connectivity index (χ0v) is 32.8. The fraction of sp³-hybridized carbons (Fsp3) is 0.750. The van der Waals surface area contributed by atoms with Crippen LogP contribution in [0.1, 0.15) is 104 Å². The van der Waals surface area contributed by atoms with Gasteiger partial charge in [0.2, 0.25) is 5.79 Å². The molecule has 0 aliphatic carbocycles. The smallest absolute Gasteiger partial charge is 0.330 e. The van der Waals surface area contributed by atoms with Crippen LogP contribution in [0.4, 0.5) is 0 Å². The van der Waals surface area contributed by atoms with Gasteiger partial charge in [-0.2, -0.15) is 0 Å². The van der Waals surface area contributed by atoms with E-state index in [1.807, 2.05) is 0 Å². The summed E-state index contributed by atoms with van der Waals surface area (Å²) in [5.74, 6) is -4.94. The first-order valence-electron chi connectivity index (χ1n) is 19.4. The van der Waals surface area contributed by atoms with Crippen LogP contribution in [0.3, 0.4) is 0 Å². The average Bonchev–Trinajstić information content (AvgIpc) is 3.13. The van der Waals surface area contributed by atoms with E-state index in [0.717, 1.165) is 31.8 Å².